The topological polar surface area (TPSA) is 74.8 Å². The van der Waals surface area contributed by atoms with Crippen molar-refractivity contribution in [2.75, 3.05) is 27.2 Å². The van der Waals surface area contributed by atoms with Gasteiger partial charge in [0.05, 0.1) is 12.6 Å². The van der Waals surface area contributed by atoms with Gasteiger partial charge in [0.2, 0.25) is 5.91 Å². The zero-order chi connectivity index (χ0) is 18.2. The molecule has 0 radical (unpaired) electrons. The number of nitrogens with one attached hydrogen (secondary N) is 3. The average Bonchev–Trinajstić information content (AvgIpc) is 2.50. The van der Waals surface area contributed by atoms with Crippen molar-refractivity contribution < 1.29 is 13.9 Å². The van der Waals surface area contributed by atoms with Gasteiger partial charge in [0, 0.05) is 26.2 Å². The number of ether oxygens (including phenoxy) is 1. The molecule has 0 aliphatic rings. The molecule has 3 N–H and O–H groups in total. The quantitative estimate of drug-likeness (QED) is 0.342. The Labute approximate surface area is 166 Å². The molecule has 25 heavy (non-hydrogen) atoms. The molecule has 1 aromatic carbocycles. The normalized spacial score (nSPS) is 12.8. The molecule has 0 saturated heterocycles. The van der Waals surface area contributed by atoms with Crippen LogP contribution in [0.5, 0.6) is 0 Å². The monoisotopic (exact) mass is 466 g/mol. The molecule has 0 aliphatic carbocycles. The first-order chi connectivity index (χ1) is 11.2. The van der Waals surface area contributed by atoms with Crippen LogP contribution in [-0.4, -0.2) is 44.7 Å². The zero-order valence-corrected chi connectivity index (χ0v) is 17.7. The Morgan fingerprint density at radius 2 is 1.84 bits per heavy atom. The van der Waals surface area contributed by atoms with Gasteiger partial charge in [0.1, 0.15) is 5.82 Å². The molecule has 0 aromatic heterocycles. The van der Waals surface area contributed by atoms with Gasteiger partial charge in [-0.3, -0.25) is 9.79 Å². The summed E-state index contributed by atoms with van der Waals surface area (Å²) in [5.74, 6) is 0.0828. The molecule has 0 spiro atoms. The fourth-order valence-electron chi connectivity index (χ4n) is 2.05. The van der Waals surface area contributed by atoms with Gasteiger partial charge < -0.3 is 20.7 Å². The van der Waals surface area contributed by atoms with E-state index in [0.29, 0.717) is 12.5 Å². The lowest BCUT2D eigenvalue weighted by molar-refractivity contribution is -0.121. The van der Waals surface area contributed by atoms with Gasteiger partial charge in [0.25, 0.3) is 0 Å². The first-order valence-corrected chi connectivity index (χ1v) is 7.79. The number of carbonyl (C=O) groups excluding carboxylic acids is 1. The van der Waals surface area contributed by atoms with E-state index in [-0.39, 0.29) is 53.9 Å². The summed E-state index contributed by atoms with van der Waals surface area (Å²) in [4.78, 5) is 15.9. The molecule has 6 nitrogen and oxygen atoms in total. The van der Waals surface area contributed by atoms with Crippen molar-refractivity contribution in [3.63, 3.8) is 0 Å². The Morgan fingerprint density at radius 3 is 2.32 bits per heavy atom. The third kappa shape index (κ3) is 9.59. The SMILES string of the molecule is CN=C(NCC(=O)NC(C)(C)C)NCC(OC)c1ccc(F)cc1.I. The van der Waals surface area contributed by atoms with E-state index < -0.39 is 0 Å². The molecular weight excluding hydrogens is 438 g/mol. The van der Waals surface area contributed by atoms with Crippen molar-refractivity contribution in [3.8, 4) is 0 Å². The number of methoxy groups -OCH3 is 1. The van der Waals surface area contributed by atoms with Crippen LogP contribution in [0.2, 0.25) is 0 Å². The van der Waals surface area contributed by atoms with Crippen LogP contribution in [0.3, 0.4) is 0 Å². The van der Waals surface area contributed by atoms with Crippen LogP contribution in [0.4, 0.5) is 4.39 Å². The van der Waals surface area contributed by atoms with Gasteiger partial charge in [-0.15, -0.1) is 24.0 Å². The van der Waals surface area contributed by atoms with Gasteiger partial charge in [0.15, 0.2) is 5.96 Å². The molecule has 0 fully saturated rings. The number of guanidine groups is 1. The summed E-state index contributed by atoms with van der Waals surface area (Å²) in [5.41, 5.74) is 0.576. The predicted octanol–water partition coefficient (Wildman–Crippen LogP) is 2.21. The lowest BCUT2D eigenvalue weighted by Crippen LogP contribution is -2.48. The lowest BCUT2D eigenvalue weighted by atomic mass is 10.1. The largest absolute Gasteiger partial charge is 0.375 e. The summed E-state index contributed by atoms with van der Waals surface area (Å²) in [5, 5.41) is 8.90. The molecule has 0 saturated carbocycles. The fraction of sp³-hybridized carbons (Fsp3) is 0.529. The highest BCUT2D eigenvalue weighted by Crippen LogP contribution is 2.15. The Balaban J connectivity index is 0.00000576. The van der Waals surface area contributed by atoms with Crippen molar-refractivity contribution in [1.82, 2.24) is 16.0 Å². The van der Waals surface area contributed by atoms with Crippen molar-refractivity contribution in [1.29, 1.82) is 0 Å². The molecule has 1 amide bonds. The van der Waals surface area contributed by atoms with E-state index in [1.807, 2.05) is 20.8 Å². The van der Waals surface area contributed by atoms with E-state index in [2.05, 4.69) is 20.9 Å². The minimum atomic E-state index is -0.288. The number of rotatable bonds is 6. The van der Waals surface area contributed by atoms with Gasteiger partial charge in [-0.1, -0.05) is 12.1 Å². The number of benzene rings is 1. The summed E-state index contributed by atoms with van der Waals surface area (Å²) < 4.78 is 18.4. The number of amides is 1. The molecule has 0 heterocycles. The Morgan fingerprint density at radius 1 is 1.24 bits per heavy atom. The number of carbonyl (C=O) groups is 1. The summed E-state index contributed by atoms with van der Waals surface area (Å²) in [6.45, 7) is 6.31. The number of halogens is 2. The second-order valence-electron chi connectivity index (χ2n) is 6.38. The van der Waals surface area contributed by atoms with Crippen molar-refractivity contribution in [3.05, 3.63) is 35.6 Å². The van der Waals surface area contributed by atoms with E-state index in [4.69, 9.17) is 4.74 Å². The predicted molar refractivity (Wildman–Crippen MR) is 109 cm³/mol. The Kier molecular flexibility index (Phi) is 10.6. The fourth-order valence-corrected chi connectivity index (χ4v) is 2.05. The number of hydrogen-bond acceptors (Lipinski definition) is 3. The first-order valence-electron chi connectivity index (χ1n) is 7.79. The molecule has 8 heteroatoms. The zero-order valence-electron chi connectivity index (χ0n) is 15.4. The van der Waals surface area contributed by atoms with E-state index in [1.165, 1.54) is 12.1 Å². The second-order valence-corrected chi connectivity index (χ2v) is 6.38. The van der Waals surface area contributed by atoms with Crippen LogP contribution in [0, 0.1) is 5.82 Å². The minimum absolute atomic E-state index is 0. The smallest absolute Gasteiger partial charge is 0.239 e. The van der Waals surface area contributed by atoms with Crippen LogP contribution in [-0.2, 0) is 9.53 Å². The highest BCUT2D eigenvalue weighted by atomic mass is 127. The molecule has 1 aromatic rings. The lowest BCUT2D eigenvalue weighted by Gasteiger charge is -2.22. The average molecular weight is 466 g/mol. The standard InChI is InChI=1S/C17H27FN4O2.HI/c1-17(2,3)22-15(23)11-21-16(19-4)20-10-14(24-5)12-6-8-13(18)9-7-12;/h6-9,14H,10-11H2,1-5H3,(H,22,23)(H2,19,20,21);1H. The first kappa shape index (κ1) is 23.6. The van der Waals surface area contributed by atoms with Crippen LogP contribution in [0.1, 0.15) is 32.4 Å². The summed E-state index contributed by atoms with van der Waals surface area (Å²) in [7, 11) is 3.21. The van der Waals surface area contributed by atoms with Gasteiger partial charge >= 0.3 is 0 Å². The third-order valence-corrected chi connectivity index (χ3v) is 3.14. The van der Waals surface area contributed by atoms with Crippen LogP contribution in [0.15, 0.2) is 29.3 Å². The van der Waals surface area contributed by atoms with E-state index >= 15 is 0 Å². The van der Waals surface area contributed by atoms with Crippen LogP contribution >= 0.6 is 24.0 Å². The number of aliphatic imine (C=N–C) groups is 1. The summed E-state index contributed by atoms with van der Waals surface area (Å²) in [6.07, 6.45) is -0.257. The third-order valence-electron chi connectivity index (χ3n) is 3.14. The van der Waals surface area contributed by atoms with Gasteiger partial charge in [-0.25, -0.2) is 4.39 Å². The molecule has 1 unspecified atom stereocenters. The highest BCUT2D eigenvalue weighted by molar-refractivity contribution is 14.0. The highest BCUT2D eigenvalue weighted by Gasteiger charge is 2.15. The maximum Gasteiger partial charge on any atom is 0.239 e. The molecule has 1 rings (SSSR count). The van der Waals surface area contributed by atoms with E-state index in [9.17, 15) is 9.18 Å². The van der Waals surface area contributed by atoms with Crippen molar-refractivity contribution >= 4 is 35.8 Å². The van der Waals surface area contributed by atoms with Gasteiger partial charge in [-0.05, 0) is 38.5 Å². The van der Waals surface area contributed by atoms with Crippen LogP contribution in [0.25, 0.3) is 0 Å². The maximum atomic E-state index is 13.0. The molecular formula is C17H28FIN4O2. The number of hydrogen-bond donors (Lipinski definition) is 3. The van der Waals surface area contributed by atoms with Crippen molar-refractivity contribution in [2.24, 2.45) is 4.99 Å². The molecule has 142 valence electrons. The number of nitrogens with zero attached hydrogens (tertiary/aromatic N) is 1. The second kappa shape index (κ2) is 11.2. The molecule has 0 aliphatic heterocycles. The maximum absolute atomic E-state index is 13.0. The Hall–Kier alpha value is -1.42. The van der Waals surface area contributed by atoms with E-state index in [1.54, 1.807) is 26.3 Å². The van der Waals surface area contributed by atoms with Gasteiger partial charge in [-0.2, -0.15) is 0 Å². The van der Waals surface area contributed by atoms with E-state index in [0.717, 1.165) is 5.56 Å². The summed E-state index contributed by atoms with van der Waals surface area (Å²) in [6, 6.07) is 6.15. The van der Waals surface area contributed by atoms with Crippen LogP contribution < -0.4 is 16.0 Å². The summed E-state index contributed by atoms with van der Waals surface area (Å²) >= 11 is 0. The van der Waals surface area contributed by atoms with Crippen molar-refractivity contribution in [2.45, 2.75) is 32.4 Å². The Bertz CT molecular complexity index is 559. The molecule has 1 atom stereocenters. The minimum Gasteiger partial charge on any atom is -0.375 e. The molecule has 0 bridgehead atoms.